The maximum atomic E-state index is 14.1. The fraction of sp³-hybridized carbons (Fsp3) is 0.593. The van der Waals surface area contributed by atoms with Crippen molar-refractivity contribution in [1.29, 1.82) is 0 Å². The summed E-state index contributed by atoms with van der Waals surface area (Å²) in [5, 5.41) is 1.05. The van der Waals surface area contributed by atoms with E-state index in [0.29, 0.717) is 25.7 Å². The summed E-state index contributed by atoms with van der Waals surface area (Å²) in [7, 11) is 0. The average Bonchev–Trinajstić information content (AvgIpc) is 3.48. The predicted molar refractivity (Wildman–Crippen MR) is 131 cm³/mol. The van der Waals surface area contributed by atoms with E-state index in [0.717, 1.165) is 55.0 Å². The number of carbonyl (C=O) groups excluding carboxylic acids is 1. The quantitative estimate of drug-likeness (QED) is 0.454. The number of hydrogen-bond donors (Lipinski definition) is 0. The van der Waals surface area contributed by atoms with Crippen LogP contribution >= 0.6 is 11.3 Å². The summed E-state index contributed by atoms with van der Waals surface area (Å²) in [6.07, 6.45) is 5.72. The number of carbonyl (C=O) groups is 1. The summed E-state index contributed by atoms with van der Waals surface area (Å²) in [5.41, 5.74) is 2.27. The van der Waals surface area contributed by atoms with Gasteiger partial charge in [-0.3, -0.25) is 9.69 Å². The van der Waals surface area contributed by atoms with Gasteiger partial charge < -0.3 is 14.2 Å². The second-order valence-electron chi connectivity index (χ2n) is 9.63. The molecule has 0 radical (unpaired) electrons. The monoisotopic (exact) mass is 469 g/mol. The van der Waals surface area contributed by atoms with Gasteiger partial charge in [-0.25, -0.2) is 0 Å². The van der Waals surface area contributed by atoms with Gasteiger partial charge in [0.2, 0.25) is 5.91 Å². The van der Waals surface area contributed by atoms with Gasteiger partial charge >= 0.3 is 0 Å². The summed E-state index contributed by atoms with van der Waals surface area (Å²) in [6.45, 7) is 6.34. The van der Waals surface area contributed by atoms with Gasteiger partial charge in [0, 0.05) is 42.2 Å². The highest BCUT2D eigenvalue weighted by atomic mass is 32.1. The van der Waals surface area contributed by atoms with Crippen LogP contribution in [-0.4, -0.2) is 38.1 Å². The first-order valence-electron chi connectivity index (χ1n) is 12.5. The van der Waals surface area contributed by atoms with Gasteiger partial charge in [0.05, 0.1) is 0 Å². The molecule has 1 saturated carbocycles. The van der Waals surface area contributed by atoms with Crippen molar-refractivity contribution < 1.29 is 19.0 Å². The van der Waals surface area contributed by atoms with E-state index in [1.54, 1.807) is 11.3 Å². The molecule has 33 heavy (non-hydrogen) atoms. The van der Waals surface area contributed by atoms with Crippen molar-refractivity contribution in [3.05, 3.63) is 42.0 Å². The standard InChI is InChI=1S/C27H35NO4S/c1-3-31-27-24(32-27)22-17-23(19-7-5-4-6-8-19)33-26(22)28(21-13-15-30-16-14-21)25(29)20-11-9-18(2)10-12-20/h4-8,17-18,20-21,24,27H,3,9-16H2,1-2H3. The van der Waals surface area contributed by atoms with Crippen LogP contribution in [0.1, 0.15) is 64.0 Å². The first-order chi connectivity index (χ1) is 16.2. The van der Waals surface area contributed by atoms with E-state index in [2.05, 4.69) is 42.2 Å². The minimum Gasteiger partial charge on any atom is -0.381 e. The van der Waals surface area contributed by atoms with Crippen molar-refractivity contribution in [1.82, 2.24) is 0 Å². The number of hydrogen-bond acceptors (Lipinski definition) is 5. The van der Waals surface area contributed by atoms with Gasteiger partial charge in [-0.1, -0.05) is 37.3 Å². The number of nitrogens with zero attached hydrogens (tertiary/aromatic N) is 1. The zero-order valence-electron chi connectivity index (χ0n) is 19.7. The molecule has 1 aliphatic carbocycles. The Morgan fingerprint density at radius 2 is 1.82 bits per heavy atom. The minimum absolute atomic E-state index is 0.102. The van der Waals surface area contributed by atoms with Crippen molar-refractivity contribution in [2.45, 2.75) is 70.8 Å². The van der Waals surface area contributed by atoms with E-state index in [1.165, 1.54) is 10.4 Å². The Bertz CT molecular complexity index is 931. The third-order valence-electron chi connectivity index (χ3n) is 7.26. The van der Waals surface area contributed by atoms with Crippen LogP contribution in [-0.2, 0) is 19.0 Å². The van der Waals surface area contributed by atoms with Crippen molar-refractivity contribution in [2.75, 3.05) is 24.7 Å². The maximum absolute atomic E-state index is 14.1. The molecular weight excluding hydrogens is 434 g/mol. The van der Waals surface area contributed by atoms with Crippen LogP contribution in [0.4, 0.5) is 5.00 Å². The summed E-state index contributed by atoms with van der Waals surface area (Å²) < 4.78 is 17.4. The van der Waals surface area contributed by atoms with Crippen LogP contribution in [0.2, 0.25) is 0 Å². The number of benzene rings is 1. The van der Waals surface area contributed by atoms with Crippen LogP contribution in [0, 0.1) is 11.8 Å². The fourth-order valence-electron chi connectivity index (χ4n) is 5.24. The van der Waals surface area contributed by atoms with Crippen molar-refractivity contribution >= 4 is 22.2 Å². The van der Waals surface area contributed by atoms with Crippen LogP contribution in [0.3, 0.4) is 0 Å². The van der Waals surface area contributed by atoms with E-state index in [-0.39, 0.29) is 24.4 Å². The zero-order valence-corrected chi connectivity index (χ0v) is 20.5. The lowest BCUT2D eigenvalue weighted by Crippen LogP contribution is -2.47. The molecule has 1 aromatic heterocycles. The number of anilines is 1. The molecule has 2 aliphatic heterocycles. The number of thiophene rings is 1. The zero-order chi connectivity index (χ0) is 22.8. The second kappa shape index (κ2) is 10.3. The van der Waals surface area contributed by atoms with Crippen LogP contribution < -0.4 is 4.90 Å². The minimum atomic E-state index is -0.214. The number of rotatable bonds is 7. The number of amides is 1. The Morgan fingerprint density at radius 1 is 1.09 bits per heavy atom. The molecule has 0 spiro atoms. The molecule has 2 atom stereocenters. The number of epoxide rings is 1. The van der Waals surface area contributed by atoms with Gasteiger partial charge in [-0.05, 0) is 63.0 Å². The summed E-state index contributed by atoms with van der Waals surface area (Å²) in [6, 6.07) is 12.8. The molecule has 2 saturated heterocycles. The van der Waals surface area contributed by atoms with E-state index >= 15 is 0 Å². The first-order valence-corrected chi connectivity index (χ1v) is 13.3. The van der Waals surface area contributed by atoms with Crippen LogP contribution in [0.15, 0.2) is 36.4 Å². The molecule has 6 heteroatoms. The van der Waals surface area contributed by atoms with Crippen LogP contribution in [0.5, 0.6) is 0 Å². The normalized spacial score (nSPS) is 27.9. The lowest BCUT2D eigenvalue weighted by Gasteiger charge is -2.37. The fourth-order valence-corrected chi connectivity index (χ4v) is 6.51. The van der Waals surface area contributed by atoms with Gasteiger partial charge in [-0.2, -0.15) is 0 Å². The molecule has 1 amide bonds. The molecule has 3 heterocycles. The molecule has 1 aromatic carbocycles. The SMILES string of the molecule is CCOC1OC1c1cc(-c2ccccc2)sc1N(C(=O)C1CCC(C)CC1)C1CCOCC1. The van der Waals surface area contributed by atoms with E-state index in [9.17, 15) is 4.79 Å². The van der Waals surface area contributed by atoms with E-state index in [1.807, 2.05) is 13.0 Å². The molecule has 0 bridgehead atoms. The molecule has 2 aromatic rings. The third kappa shape index (κ3) is 5.04. The Labute approximate surface area is 201 Å². The third-order valence-corrected chi connectivity index (χ3v) is 8.46. The largest absolute Gasteiger partial charge is 0.381 e. The van der Waals surface area contributed by atoms with Gasteiger partial charge in [-0.15, -0.1) is 11.3 Å². The van der Waals surface area contributed by atoms with Crippen molar-refractivity contribution in [3.63, 3.8) is 0 Å². The molecule has 178 valence electrons. The van der Waals surface area contributed by atoms with E-state index < -0.39 is 0 Å². The lowest BCUT2D eigenvalue weighted by atomic mass is 9.82. The van der Waals surface area contributed by atoms with Crippen LogP contribution in [0.25, 0.3) is 10.4 Å². The highest BCUT2D eigenvalue weighted by Gasteiger charge is 2.46. The molecule has 3 fully saturated rings. The summed E-state index contributed by atoms with van der Waals surface area (Å²) in [4.78, 5) is 17.4. The van der Waals surface area contributed by atoms with Gasteiger partial charge in [0.15, 0.2) is 6.29 Å². The molecule has 5 nitrogen and oxygen atoms in total. The van der Waals surface area contributed by atoms with Gasteiger partial charge in [0.25, 0.3) is 0 Å². The highest BCUT2D eigenvalue weighted by Crippen LogP contribution is 2.50. The Morgan fingerprint density at radius 3 is 2.52 bits per heavy atom. The molecular formula is C27H35NO4S. The molecule has 2 unspecified atom stereocenters. The van der Waals surface area contributed by atoms with Crippen molar-refractivity contribution in [3.8, 4) is 10.4 Å². The lowest BCUT2D eigenvalue weighted by molar-refractivity contribution is -0.124. The predicted octanol–water partition coefficient (Wildman–Crippen LogP) is 6.19. The Balaban J connectivity index is 1.52. The second-order valence-corrected chi connectivity index (χ2v) is 10.7. The Kier molecular flexibility index (Phi) is 7.16. The van der Waals surface area contributed by atoms with Crippen molar-refractivity contribution in [2.24, 2.45) is 11.8 Å². The molecule has 5 rings (SSSR count). The van der Waals surface area contributed by atoms with Gasteiger partial charge in [0.1, 0.15) is 11.1 Å². The molecule has 0 N–H and O–H groups in total. The highest BCUT2D eigenvalue weighted by molar-refractivity contribution is 7.19. The first kappa shape index (κ1) is 23.0. The topological polar surface area (TPSA) is 51.3 Å². The smallest absolute Gasteiger partial charge is 0.230 e. The number of ether oxygens (including phenoxy) is 3. The Hall–Kier alpha value is -1.73. The maximum Gasteiger partial charge on any atom is 0.230 e. The molecule has 3 aliphatic rings. The van der Waals surface area contributed by atoms with E-state index in [4.69, 9.17) is 14.2 Å². The average molecular weight is 470 g/mol. The summed E-state index contributed by atoms with van der Waals surface area (Å²) in [5.74, 6) is 1.13. The summed E-state index contributed by atoms with van der Waals surface area (Å²) >= 11 is 1.72.